The molecule has 2 aromatic carbocycles. The molecule has 30 heavy (non-hydrogen) atoms. The van der Waals surface area contributed by atoms with Crippen LogP contribution < -0.4 is 5.32 Å². The summed E-state index contributed by atoms with van der Waals surface area (Å²) in [5.41, 5.74) is 0.853. The van der Waals surface area contributed by atoms with Crippen molar-refractivity contribution in [2.75, 3.05) is 7.11 Å². The Morgan fingerprint density at radius 3 is 2.47 bits per heavy atom. The van der Waals surface area contributed by atoms with E-state index < -0.39 is 23.3 Å². The summed E-state index contributed by atoms with van der Waals surface area (Å²) in [7, 11) is 1.27. The highest BCUT2D eigenvalue weighted by Crippen LogP contribution is 2.26. The normalized spacial score (nSPS) is 12.6. The first-order valence-corrected chi connectivity index (χ1v) is 9.43. The zero-order chi connectivity index (χ0) is 22.1. The third kappa shape index (κ3) is 4.42. The van der Waals surface area contributed by atoms with Crippen LogP contribution in [0, 0.1) is 11.2 Å². The van der Waals surface area contributed by atoms with Crippen LogP contribution in [0.25, 0.3) is 10.9 Å². The summed E-state index contributed by atoms with van der Waals surface area (Å²) in [6.45, 7) is 5.72. The van der Waals surface area contributed by atoms with Gasteiger partial charge in [-0.3, -0.25) is 9.48 Å². The van der Waals surface area contributed by atoms with Gasteiger partial charge in [0.2, 0.25) is 0 Å². The fourth-order valence-corrected chi connectivity index (χ4v) is 3.16. The zero-order valence-corrected chi connectivity index (χ0v) is 17.3. The molecule has 1 atom stereocenters. The quantitative estimate of drug-likeness (QED) is 0.627. The number of methoxy groups -OCH3 is 1. The average molecular weight is 413 g/mol. The molecule has 0 bridgehead atoms. The molecular weight excluding hydrogens is 389 g/mol. The van der Waals surface area contributed by atoms with E-state index in [0.29, 0.717) is 10.9 Å². The van der Waals surface area contributed by atoms with Gasteiger partial charge in [-0.2, -0.15) is 5.10 Å². The van der Waals surface area contributed by atoms with Crippen molar-refractivity contribution in [3.8, 4) is 5.75 Å². The number of nitrogens with zero attached hydrogens (tertiary/aromatic N) is 2. The van der Waals surface area contributed by atoms with Gasteiger partial charge in [0.05, 0.1) is 19.2 Å². The Balaban J connectivity index is 2.00. The molecule has 0 aliphatic heterocycles. The van der Waals surface area contributed by atoms with Crippen molar-refractivity contribution >= 4 is 22.8 Å². The average Bonchev–Trinajstić information content (AvgIpc) is 3.04. The molecule has 0 aliphatic rings. The SMILES string of the molecule is COC(=O)[C@@H](NC(=O)c1nn(Cc2ccc(F)cc2)c2cc(O)ccc12)C(C)(C)C. The first kappa shape index (κ1) is 21.3. The highest BCUT2D eigenvalue weighted by Gasteiger charge is 2.34. The van der Waals surface area contributed by atoms with Gasteiger partial charge >= 0.3 is 5.97 Å². The van der Waals surface area contributed by atoms with Crippen LogP contribution in [-0.2, 0) is 16.1 Å². The van der Waals surface area contributed by atoms with E-state index in [-0.39, 0.29) is 23.8 Å². The van der Waals surface area contributed by atoms with E-state index in [1.165, 1.54) is 31.4 Å². The van der Waals surface area contributed by atoms with Crippen LogP contribution in [0.2, 0.25) is 0 Å². The molecule has 3 aromatic rings. The van der Waals surface area contributed by atoms with Crippen molar-refractivity contribution in [1.29, 1.82) is 0 Å². The number of nitrogens with one attached hydrogen (secondary N) is 1. The Hall–Kier alpha value is -3.42. The lowest BCUT2D eigenvalue weighted by Gasteiger charge is -2.28. The standard InChI is InChI=1S/C22H24FN3O4/c1-22(2,3)19(21(29)30-4)24-20(28)18-16-10-9-15(27)11-17(16)26(25-18)12-13-5-7-14(23)8-6-13/h5-11,19,27H,12H2,1-4H3,(H,24,28)/t19-/m1/s1. The minimum Gasteiger partial charge on any atom is -0.508 e. The number of aromatic hydroxyl groups is 1. The number of hydrogen-bond acceptors (Lipinski definition) is 5. The summed E-state index contributed by atoms with van der Waals surface area (Å²) < 4.78 is 19.6. The lowest BCUT2D eigenvalue weighted by atomic mass is 9.86. The van der Waals surface area contributed by atoms with Crippen LogP contribution in [0.15, 0.2) is 42.5 Å². The van der Waals surface area contributed by atoms with Crippen molar-refractivity contribution in [2.45, 2.75) is 33.4 Å². The zero-order valence-electron chi connectivity index (χ0n) is 17.3. The molecule has 8 heteroatoms. The van der Waals surface area contributed by atoms with Crippen molar-refractivity contribution in [3.63, 3.8) is 0 Å². The van der Waals surface area contributed by atoms with Crippen molar-refractivity contribution < 1.29 is 23.8 Å². The van der Waals surface area contributed by atoms with Gasteiger partial charge in [0.25, 0.3) is 5.91 Å². The summed E-state index contributed by atoms with van der Waals surface area (Å²) in [5, 5.41) is 17.6. The second-order valence-corrected chi connectivity index (χ2v) is 8.13. The molecule has 0 saturated heterocycles. The van der Waals surface area contributed by atoms with Crippen LogP contribution in [0.5, 0.6) is 5.75 Å². The van der Waals surface area contributed by atoms with Crippen LogP contribution in [0.1, 0.15) is 36.8 Å². The van der Waals surface area contributed by atoms with Gasteiger partial charge in [-0.15, -0.1) is 0 Å². The van der Waals surface area contributed by atoms with Gasteiger partial charge in [-0.25, -0.2) is 9.18 Å². The number of fused-ring (bicyclic) bond motifs is 1. The third-order valence-electron chi connectivity index (χ3n) is 4.77. The van der Waals surface area contributed by atoms with E-state index in [9.17, 15) is 19.1 Å². The first-order chi connectivity index (χ1) is 14.1. The molecule has 0 unspecified atom stereocenters. The molecule has 0 spiro atoms. The van der Waals surface area contributed by atoms with Gasteiger partial charge < -0.3 is 15.2 Å². The van der Waals surface area contributed by atoms with E-state index in [4.69, 9.17) is 4.74 Å². The molecule has 2 N–H and O–H groups in total. The number of carbonyl (C=O) groups is 2. The number of phenolic OH excluding ortho intramolecular Hbond substituents is 1. The molecule has 158 valence electrons. The Labute approximate surface area is 173 Å². The van der Waals surface area contributed by atoms with Crippen molar-refractivity contribution in [2.24, 2.45) is 5.41 Å². The highest BCUT2D eigenvalue weighted by atomic mass is 19.1. The summed E-state index contributed by atoms with van der Waals surface area (Å²) in [4.78, 5) is 25.2. The molecule has 1 amide bonds. The van der Waals surface area contributed by atoms with Gasteiger partial charge in [-0.05, 0) is 35.2 Å². The summed E-state index contributed by atoms with van der Waals surface area (Å²) in [5.74, 6) is -1.41. The van der Waals surface area contributed by atoms with Crippen LogP contribution in [-0.4, -0.2) is 39.9 Å². The van der Waals surface area contributed by atoms with E-state index in [0.717, 1.165) is 5.56 Å². The fraction of sp³-hybridized carbons (Fsp3) is 0.318. The fourth-order valence-electron chi connectivity index (χ4n) is 3.16. The monoisotopic (exact) mass is 413 g/mol. The number of ether oxygens (including phenoxy) is 1. The van der Waals surface area contributed by atoms with Crippen molar-refractivity contribution in [1.82, 2.24) is 15.1 Å². The Kier molecular flexibility index (Phi) is 5.78. The number of benzene rings is 2. The van der Waals surface area contributed by atoms with Gasteiger partial charge in [0.1, 0.15) is 17.6 Å². The summed E-state index contributed by atoms with van der Waals surface area (Å²) in [6.07, 6.45) is 0. The van der Waals surface area contributed by atoms with Crippen LogP contribution in [0.4, 0.5) is 4.39 Å². The van der Waals surface area contributed by atoms with Gasteiger partial charge in [-0.1, -0.05) is 32.9 Å². The highest BCUT2D eigenvalue weighted by molar-refractivity contribution is 6.06. The lowest BCUT2D eigenvalue weighted by Crippen LogP contribution is -2.49. The van der Waals surface area contributed by atoms with E-state index in [1.54, 1.807) is 22.9 Å². The molecule has 1 heterocycles. The molecule has 0 radical (unpaired) electrons. The first-order valence-electron chi connectivity index (χ1n) is 9.43. The second kappa shape index (κ2) is 8.14. The van der Waals surface area contributed by atoms with Gasteiger partial charge in [0.15, 0.2) is 5.69 Å². The number of phenols is 1. The summed E-state index contributed by atoms with van der Waals surface area (Å²) >= 11 is 0. The lowest BCUT2D eigenvalue weighted by molar-refractivity contribution is -0.145. The molecule has 0 fully saturated rings. The number of esters is 1. The number of carbonyl (C=O) groups excluding carboxylic acids is 2. The topological polar surface area (TPSA) is 93.5 Å². The van der Waals surface area contributed by atoms with E-state index >= 15 is 0 Å². The van der Waals surface area contributed by atoms with Gasteiger partial charge in [0, 0.05) is 11.5 Å². The Morgan fingerprint density at radius 2 is 1.87 bits per heavy atom. The maximum absolute atomic E-state index is 13.2. The summed E-state index contributed by atoms with van der Waals surface area (Å²) in [6, 6.07) is 9.63. The molecular formula is C22H24FN3O4. The van der Waals surface area contributed by atoms with Crippen LogP contribution in [0.3, 0.4) is 0 Å². The molecule has 1 aromatic heterocycles. The number of aromatic nitrogens is 2. The smallest absolute Gasteiger partial charge is 0.328 e. The Morgan fingerprint density at radius 1 is 1.20 bits per heavy atom. The minimum atomic E-state index is -0.871. The number of hydrogen-bond donors (Lipinski definition) is 2. The maximum atomic E-state index is 13.2. The van der Waals surface area contributed by atoms with E-state index in [1.807, 2.05) is 20.8 Å². The number of rotatable bonds is 5. The third-order valence-corrected chi connectivity index (χ3v) is 4.77. The van der Waals surface area contributed by atoms with Crippen molar-refractivity contribution in [3.05, 3.63) is 59.5 Å². The second-order valence-electron chi connectivity index (χ2n) is 8.13. The molecule has 7 nitrogen and oxygen atoms in total. The number of amides is 1. The molecule has 0 saturated carbocycles. The van der Waals surface area contributed by atoms with E-state index in [2.05, 4.69) is 10.4 Å². The Bertz CT molecular complexity index is 1080. The molecule has 3 rings (SSSR count). The molecule has 0 aliphatic carbocycles. The van der Waals surface area contributed by atoms with Crippen LogP contribution >= 0.6 is 0 Å². The number of halogens is 1. The largest absolute Gasteiger partial charge is 0.508 e. The minimum absolute atomic E-state index is 0.0249. The predicted octanol–water partition coefficient (Wildman–Crippen LogP) is 3.25. The predicted molar refractivity (Wildman–Crippen MR) is 110 cm³/mol. The maximum Gasteiger partial charge on any atom is 0.328 e.